The van der Waals surface area contributed by atoms with E-state index in [1.165, 1.54) is 50.8 Å². The molecule has 1 heterocycles. The van der Waals surface area contributed by atoms with E-state index in [-0.39, 0.29) is 23.3 Å². The number of aromatic hydroxyl groups is 2. The van der Waals surface area contributed by atoms with Gasteiger partial charge in [0.1, 0.15) is 11.5 Å². The molecule has 0 amide bonds. The fourth-order valence-corrected chi connectivity index (χ4v) is 5.47. The van der Waals surface area contributed by atoms with Crippen LogP contribution in [-0.2, 0) is 6.42 Å². The molecule has 3 N–H and O–H groups in total. The maximum Gasteiger partial charge on any atom is 0.126 e. The van der Waals surface area contributed by atoms with Crippen LogP contribution in [0.25, 0.3) is 0 Å². The van der Waals surface area contributed by atoms with Gasteiger partial charge < -0.3 is 15.1 Å². The summed E-state index contributed by atoms with van der Waals surface area (Å²) < 4.78 is 0. The highest BCUT2D eigenvalue weighted by Gasteiger charge is 2.31. The number of piperidine rings is 1. The van der Waals surface area contributed by atoms with Gasteiger partial charge in [0.25, 0.3) is 0 Å². The van der Waals surface area contributed by atoms with Crippen LogP contribution >= 0.6 is 0 Å². The molecule has 186 valence electrons. The Kier molecular flexibility index (Phi) is 11.0. The fraction of sp³-hybridized carbons (Fsp3) is 0.667. The second-order valence-corrected chi connectivity index (χ2v) is 10.8. The fourth-order valence-electron chi connectivity index (χ4n) is 5.47. The van der Waals surface area contributed by atoms with Crippen molar-refractivity contribution in [2.45, 2.75) is 111 Å². The largest absolute Gasteiger partial charge is 0.507 e. The molecule has 2 aliphatic rings. The summed E-state index contributed by atoms with van der Waals surface area (Å²) in [5.41, 5.74) is 5.09. The van der Waals surface area contributed by atoms with E-state index in [1.807, 2.05) is 19.9 Å². The third-order valence-corrected chi connectivity index (χ3v) is 7.75. The molecule has 3 rings (SSSR count). The van der Waals surface area contributed by atoms with Crippen LogP contribution < -0.4 is 4.90 Å². The molecule has 2 atom stereocenters. The first-order valence-electron chi connectivity index (χ1n) is 13.4. The quantitative estimate of drug-likeness (QED) is 0.319. The number of unbranched alkanes of at least 4 members (excludes halogenated alkanes) is 2. The van der Waals surface area contributed by atoms with Gasteiger partial charge in [-0.15, -0.1) is 0 Å². The lowest BCUT2D eigenvalue weighted by atomic mass is 9.73. The highest BCUT2D eigenvalue weighted by Crippen LogP contribution is 2.47. The number of nitrogens with one attached hydrogen (secondary N) is 1. The Bertz CT molecular complexity index is 802. The third-order valence-electron chi connectivity index (χ3n) is 7.75. The smallest absolute Gasteiger partial charge is 0.126 e. The summed E-state index contributed by atoms with van der Waals surface area (Å²) in [7, 11) is 0. The summed E-state index contributed by atoms with van der Waals surface area (Å²) in [6.45, 7) is 19.9. The van der Waals surface area contributed by atoms with Gasteiger partial charge in [0.2, 0.25) is 0 Å². The Morgan fingerprint density at radius 3 is 2.33 bits per heavy atom. The molecule has 1 aliphatic carbocycles. The molecule has 1 aromatic carbocycles. The van der Waals surface area contributed by atoms with Gasteiger partial charge >= 0.3 is 0 Å². The maximum absolute atomic E-state index is 10.8. The first kappa shape index (κ1) is 27.5. The van der Waals surface area contributed by atoms with Crippen LogP contribution in [-0.4, -0.2) is 29.3 Å². The normalized spacial score (nSPS) is 21.4. The van der Waals surface area contributed by atoms with Crippen LogP contribution in [0.1, 0.15) is 109 Å². The Balaban J connectivity index is 0.000000357. The Morgan fingerprint density at radius 1 is 1.12 bits per heavy atom. The number of aryl methyl sites for hydroxylation is 1. The number of hydrogen-bond donors (Lipinski definition) is 3. The van der Waals surface area contributed by atoms with Crippen LogP contribution in [0.15, 0.2) is 29.9 Å². The van der Waals surface area contributed by atoms with Gasteiger partial charge in [0, 0.05) is 11.5 Å². The van der Waals surface area contributed by atoms with E-state index in [1.54, 1.807) is 4.90 Å². The molecule has 0 bridgehead atoms. The zero-order chi connectivity index (χ0) is 24.5. The van der Waals surface area contributed by atoms with E-state index in [4.69, 9.17) is 0 Å². The lowest BCUT2D eigenvalue weighted by Crippen LogP contribution is -3.15. The average Bonchev–Trinajstić information content (AvgIpc) is 2.78. The molecule has 33 heavy (non-hydrogen) atoms. The average molecular weight is 457 g/mol. The number of likely N-dealkylation sites (tertiary alicyclic amines) is 1. The first-order valence-corrected chi connectivity index (χ1v) is 13.4. The number of phenols is 2. The summed E-state index contributed by atoms with van der Waals surface area (Å²) in [6, 6.07) is 2.72. The minimum Gasteiger partial charge on any atom is -0.507 e. The summed E-state index contributed by atoms with van der Waals surface area (Å²) in [5.74, 6) is 0.783. The highest BCUT2D eigenvalue weighted by atomic mass is 16.3. The molecule has 3 heteroatoms. The van der Waals surface area contributed by atoms with Gasteiger partial charge in [-0.25, -0.2) is 0 Å². The Labute approximate surface area is 203 Å². The highest BCUT2D eigenvalue weighted by molar-refractivity contribution is 5.56. The van der Waals surface area contributed by atoms with Crippen LogP contribution in [0, 0.1) is 12.8 Å². The van der Waals surface area contributed by atoms with Gasteiger partial charge in [-0.3, -0.25) is 0 Å². The van der Waals surface area contributed by atoms with Crippen LogP contribution in [0.2, 0.25) is 0 Å². The number of quaternary nitrogens is 1. The number of benzene rings is 1. The van der Waals surface area contributed by atoms with Crippen LogP contribution in [0.3, 0.4) is 0 Å². The van der Waals surface area contributed by atoms with Crippen molar-refractivity contribution in [1.82, 2.24) is 0 Å². The van der Waals surface area contributed by atoms with Crippen LogP contribution in [0.4, 0.5) is 0 Å². The molecule has 0 saturated carbocycles. The number of hydrogen-bond acceptors (Lipinski definition) is 2. The van der Waals surface area contributed by atoms with Crippen molar-refractivity contribution in [2.75, 3.05) is 13.1 Å². The summed E-state index contributed by atoms with van der Waals surface area (Å²) in [6.07, 6.45) is 13.0. The van der Waals surface area contributed by atoms with Crippen molar-refractivity contribution in [3.8, 4) is 11.5 Å². The molecule has 0 aromatic heterocycles. The minimum atomic E-state index is 0.0136. The molecule has 1 saturated heterocycles. The topological polar surface area (TPSA) is 44.9 Å². The third kappa shape index (κ3) is 7.64. The van der Waals surface area contributed by atoms with E-state index in [0.717, 1.165) is 48.4 Å². The van der Waals surface area contributed by atoms with Gasteiger partial charge in [-0.2, -0.15) is 0 Å². The SMILES string of the molecule is C=C(C)[C@@H]1CCC(C)=C[C@H]1c1c(O)cc(CCCCC)c(C)c1O.CC(C)[NH+]1CCCCC1. The lowest BCUT2D eigenvalue weighted by molar-refractivity contribution is -0.926. The summed E-state index contributed by atoms with van der Waals surface area (Å²) >= 11 is 0. The number of rotatable bonds is 7. The lowest BCUT2D eigenvalue weighted by Gasteiger charge is -2.32. The van der Waals surface area contributed by atoms with Crippen molar-refractivity contribution in [2.24, 2.45) is 5.92 Å². The molecule has 0 radical (unpaired) electrons. The van der Waals surface area contributed by atoms with Crippen molar-refractivity contribution < 1.29 is 15.1 Å². The predicted octanol–water partition coefficient (Wildman–Crippen LogP) is 6.62. The zero-order valence-electron chi connectivity index (χ0n) is 22.3. The minimum absolute atomic E-state index is 0.0136. The zero-order valence-corrected chi connectivity index (χ0v) is 22.3. The molecular formula is C30H50NO2+. The van der Waals surface area contributed by atoms with E-state index in [2.05, 4.69) is 40.3 Å². The van der Waals surface area contributed by atoms with E-state index in [9.17, 15) is 10.2 Å². The molecule has 0 unspecified atom stereocenters. The molecule has 3 nitrogen and oxygen atoms in total. The van der Waals surface area contributed by atoms with Gasteiger partial charge in [0.15, 0.2) is 0 Å². The number of phenolic OH excluding ortho intramolecular Hbond substituents is 2. The standard InChI is InChI=1S/C22H32O2.C8H17N/c1-6-7-8-9-17-13-20(23)21(22(24)16(17)5)19-12-15(4)10-11-18(19)14(2)3;1-8(2)9-6-4-3-5-7-9/h12-13,18-19,23-24H,2,6-11H2,1,3-5H3;8H,3-7H2,1-2H3/p+1/t18-,19+;/m0./s1. The van der Waals surface area contributed by atoms with Crippen molar-refractivity contribution in [3.63, 3.8) is 0 Å². The Hall–Kier alpha value is -1.74. The van der Waals surface area contributed by atoms with Crippen LogP contribution in [0.5, 0.6) is 11.5 Å². The Morgan fingerprint density at radius 2 is 1.79 bits per heavy atom. The van der Waals surface area contributed by atoms with E-state index in [0.29, 0.717) is 5.56 Å². The second kappa shape index (κ2) is 13.2. The number of allylic oxidation sites excluding steroid dienone is 3. The molecule has 0 spiro atoms. The van der Waals surface area contributed by atoms with Crippen molar-refractivity contribution in [1.29, 1.82) is 0 Å². The van der Waals surface area contributed by atoms with Crippen molar-refractivity contribution in [3.05, 3.63) is 46.6 Å². The van der Waals surface area contributed by atoms with Crippen molar-refractivity contribution >= 4 is 0 Å². The van der Waals surface area contributed by atoms with Gasteiger partial charge in [-0.1, -0.05) is 43.6 Å². The predicted molar refractivity (Wildman–Crippen MR) is 141 cm³/mol. The molecule has 1 fully saturated rings. The van der Waals surface area contributed by atoms with E-state index >= 15 is 0 Å². The van der Waals surface area contributed by atoms with Gasteiger partial charge in [-0.05, 0) is 103 Å². The summed E-state index contributed by atoms with van der Waals surface area (Å²) in [4.78, 5) is 1.81. The second-order valence-electron chi connectivity index (χ2n) is 10.8. The van der Waals surface area contributed by atoms with E-state index < -0.39 is 0 Å². The summed E-state index contributed by atoms with van der Waals surface area (Å²) in [5, 5.41) is 21.5. The first-order chi connectivity index (χ1) is 15.7. The molecule has 1 aromatic rings. The molecule has 1 aliphatic heterocycles. The maximum atomic E-state index is 10.8. The molecular weight excluding hydrogens is 406 g/mol. The van der Waals surface area contributed by atoms with Gasteiger partial charge in [0.05, 0.1) is 19.1 Å². The monoisotopic (exact) mass is 456 g/mol.